The standard InChI is InChI=1S/C16H16N4O2S/c1-10-8-14(20-22-10)19-15(21)11(2)23-16-17-9-13(18-16)12-6-4-3-5-7-12/h3-9,11H,1-2H3,(H,17,18)(H,19,20,21). The minimum atomic E-state index is -0.318. The minimum Gasteiger partial charge on any atom is -0.360 e. The second kappa shape index (κ2) is 6.70. The summed E-state index contributed by atoms with van der Waals surface area (Å²) in [5, 5.41) is 6.84. The molecule has 1 unspecified atom stereocenters. The highest BCUT2D eigenvalue weighted by Gasteiger charge is 2.17. The molecule has 0 aliphatic carbocycles. The summed E-state index contributed by atoms with van der Waals surface area (Å²) in [7, 11) is 0. The Kier molecular flexibility index (Phi) is 4.47. The first-order valence-electron chi connectivity index (χ1n) is 7.13. The second-order valence-electron chi connectivity index (χ2n) is 5.04. The van der Waals surface area contributed by atoms with Gasteiger partial charge in [-0.15, -0.1) is 0 Å². The van der Waals surface area contributed by atoms with Gasteiger partial charge in [-0.1, -0.05) is 47.3 Å². The van der Waals surface area contributed by atoms with E-state index in [1.54, 1.807) is 19.2 Å². The summed E-state index contributed by atoms with van der Waals surface area (Å²) < 4.78 is 4.93. The average molecular weight is 328 g/mol. The molecule has 0 saturated carbocycles. The van der Waals surface area contributed by atoms with E-state index >= 15 is 0 Å². The lowest BCUT2D eigenvalue weighted by Crippen LogP contribution is -2.22. The van der Waals surface area contributed by atoms with Crippen LogP contribution in [0.25, 0.3) is 11.3 Å². The van der Waals surface area contributed by atoms with Gasteiger partial charge in [0.25, 0.3) is 0 Å². The van der Waals surface area contributed by atoms with E-state index in [4.69, 9.17) is 4.52 Å². The zero-order valence-electron chi connectivity index (χ0n) is 12.7. The van der Waals surface area contributed by atoms with Crippen LogP contribution in [0.4, 0.5) is 5.82 Å². The number of anilines is 1. The Hall–Kier alpha value is -2.54. The molecule has 0 fully saturated rings. The Bertz CT molecular complexity index is 797. The SMILES string of the molecule is Cc1cc(NC(=O)C(C)Sc2ncc(-c3ccccc3)[nH]2)no1. The van der Waals surface area contributed by atoms with Crippen molar-refractivity contribution >= 4 is 23.5 Å². The molecule has 1 amide bonds. The van der Waals surface area contributed by atoms with E-state index in [1.807, 2.05) is 37.3 Å². The van der Waals surface area contributed by atoms with E-state index in [-0.39, 0.29) is 11.2 Å². The maximum atomic E-state index is 12.1. The molecule has 2 N–H and O–H groups in total. The lowest BCUT2D eigenvalue weighted by atomic mass is 10.2. The Morgan fingerprint density at radius 3 is 2.83 bits per heavy atom. The average Bonchev–Trinajstić information content (AvgIpc) is 3.17. The van der Waals surface area contributed by atoms with Gasteiger partial charge < -0.3 is 14.8 Å². The molecule has 0 aliphatic rings. The summed E-state index contributed by atoms with van der Waals surface area (Å²) >= 11 is 1.36. The number of hydrogen-bond donors (Lipinski definition) is 2. The Morgan fingerprint density at radius 2 is 2.13 bits per heavy atom. The molecule has 0 spiro atoms. The molecule has 0 radical (unpaired) electrons. The van der Waals surface area contributed by atoms with Crippen molar-refractivity contribution in [3.05, 3.63) is 48.4 Å². The van der Waals surface area contributed by atoms with Crippen LogP contribution in [-0.2, 0) is 4.79 Å². The second-order valence-corrected chi connectivity index (χ2v) is 6.37. The maximum absolute atomic E-state index is 12.1. The van der Waals surface area contributed by atoms with Gasteiger partial charge in [0.2, 0.25) is 5.91 Å². The Labute approximate surface area is 137 Å². The molecule has 118 valence electrons. The van der Waals surface area contributed by atoms with E-state index < -0.39 is 0 Å². The first-order chi connectivity index (χ1) is 11.1. The molecule has 3 aromatic rings. The largest absolute Gasteiger partial charge is 0.360 e. The predicted octanol–water partition coefficient (Wildman–Crippen LogP) is 3.49. The zero-order valence-corrected chi connectivity index (χ0v) is 13.6. The highest BCUT2D eigenvalue weighted by atomic mass is 32.2. The highest BCUT2D eigenvalue weighted by Crippen LogP contribution is 2.25. The quantitative estimate of drug-likeness (QED) is 0.700. The third-order valence-electron chi connectivity index (χ3n) is 3.17. The van der Waals surface area contributed by atoms with Gasteiger partial charge in [0.15, 0.2) is 11.0 Å². The lowest BCUT2D eigenvalue weighted by Gasteiger charge is -2.08. The summed E-state index contributed by atoms with van der Waals surface area (Å²) in [5.74, 6) is 0.921. The van der Waals surface area contributed by atoms with E-state index in [1.165, 1.54) is 11.8 Å². The van der Waals surface area contributed by atoms with E-state index in [0.29, 0.717) is 16.7 Å². The molecule has 2 aromatic heterocycles. The number of rotatable bonds is 5. The number of H-pyrrole nitrogens is 1. The van der Waals surface area contributed by atoms with Crippen LogP contribution in [0, 0.1) is 6.92 Å². The monoisotopic (exact) mass is 328 g/mol. The molecule has 7 heteroatoms. The summed E-state index contributed by atoms with van der Waals surface area (Å²) in [5.41, 5.74) is 1.98. The van der Waals surface area contributed by atoms with E-state index in [0.717, 1.165) is 11.3 Å². The molecule has 0 bridgehead atoms. The van der Waals surface area contributed by atoms with Crippen LogP contribution in [0.5, 0.6) is 0 Å². The number of thioether (sulfide) groups is 1. The molecule has 1 atom stereocenters. The van der Waals surface area contributed by atoms with Crippen molar-refractivity contribution in [2.24, 2.45) is 0 Å². The molecule has 1 aromatic carbocycles. The maximum Gasteiger partial charge on any atom is 0.238 e. The molecular weight excluding hydrogens is 312 g/mol. The number of aryl methyl sites for hydroxylation is 1. The van der Waals surface area contributed by atoms with Crippen LogP contribution in [0.3, 0.4) is 0 Å². The number of amides is 1. The normalized spacial score (nSPS) is 12.1. The third kappa shape index (κ3) is 3.81. The third-order valence-corrected chi connectivity index (χ3v) is 4.17. The summed E-state index contributed by atoms with van der Waals surface area (Å²) in [6.45, 7) is 3.59. The summed E-state index contributed by atoms with van der Waals surface area (Å²) in [6.07, 6.45) is 1.77. The van der Waals surface area contributed by atoms with Gasteiger partial charge in [-0.05, 0) is 19.4 Å². The number of carbonyl (C=O) groups excluding carboxylic acids is 1. The topological polar surface area (TPSA) is 83.8 Å². The Balaban J connectivity index is 1.62. The smallest absolute Gasteiger partial charge is 0.238 e. The fourth-order valence-electron chi connectivity index (χ4n) is 2.00. The van der Waals surface area contributed by atoms with Crippen molar-refractivity contribution < 1.29 is 9.32 Å². The van der Waals surface area contributed by atoms with Gasteiger partial charge >= 0.3 is 0 Å². The zero-order chi connectivity index (χ0) is 16.2. The first kappa shape index (κ1) is 15.4. The van der Waals surface area contributed by atoms with Crippen LogP contribution < -0.4 is 5.32 Å². The predicted molar refractivity (Wildman–Crippen MR) is 89.2 cm³/mol. The number of aromatic amines is 1. The number of imidazole rings is 1. The van der Waals surface area contributed by atoms with Gasteiger partial charge in [0, 0.05) is 6.07 Å². The molecule has 23 heavy (non-hydrogen) atoms. The van der Waals surface area contributed by atoms with Gasteiger partial charge in [0.1, 0.15) is 5.76 Å². The number of carbonyl (C=O) groups is 1. The molecule has 6 nitrogen and oxygen atoms in total. The van der Waals surface area contributed by atoms with Crippen molar-refractivity contribution in [1.29, 1.82) is 0 Å². The summed E-state index contributed by atoms with van der Waals surface area (Å²) in [6, 6.07) is 11.6. The number of aromatic nitrogens is 3. The van der Waals surface area contributed by atoms with Crippen molar-refractivity contribution in [1.82, 2.24) is 15.1 Å². The lowest BCUT2D eigenvalue weighted by molar-refractivity contribution is -0.115. The van der Waals surface area contributed by atoms with Crippen LogP contribution >= 0.6 is 11.8 Å². The fourth-order valence-corrected chi connectivity index (χ4v) is 2.78. The van der Waals surface area contributed by atoms with Crippen molar-refractivity contribution in [3.8, 4) is 11.3 Å². The van der Waals surface area contributed by atoms with Gasteiger partial charge in [0.05, 0.1) is 17.1 Å². The fraction of sp³-hybridized carbons (Fsp3) is 0.188. The van der Waals surface area contributed by atoms with Crippen LogP contribution in [0.1, 0.15) is 12.7 Å². The van der Waals surface area contributed by atoms with Gasteiger partial charge in [-0.25, -0.2) is 4.98 Å². The molecule has 3 rings (SSSR count). The van der Waals surface area contributed by atoms with Crippen molar-refractivity contribution in [3.63, 3.8) is 0 Å². The van der Waals surface area contributed by atoms with Gasteiger partial charge in [-0.2, -0.15) is 0 Å². The van der Waals surface area contributed by atoms with Crippen molar-refractivity contribution in [2.75, 3.05) is 5.32 Å². The Morgan fingerprint density at radius 1 is 1.35 bits per heavy atom. The molecule has 2 heterocycles. The van der Waals surface area contributed by atoms with Crippen LogP contribution in [-0.4, -0.2) is 26.3 Å². The summed E-state index contributed by atoms with van der Waals surface area (Å²) in [4.78, 5) is 19.7. The molecule has 0 saturated heterocycles. The highest BCUT2D eigenvalue weighted by molar-refractivity contribution is 8.00. The first-order valence-corrected chi connectivity index (χ1v) is 8.01. The minimum absolute atomic E-state index is 0.152. The van der Waals surface area contributed by atoms with Crippen molar-refractivity contribution in [2.45, 2.75) is 24.3 Å². The number of nitrogens with zero attached hydrogens (tertiary/aromatic N) is 2. The number of nitrogens with one attached hydrogen (secondary N) is 2. The van der Waals surface area contributed by atoms with Crippen LogP contribution in [0.15, 0.2) is 52.3 Å². The van der Waals surface area contributed by atoms with Gasteiger partial charge in [-0.3, -0.25) is 4.79 Å². The molecular formula is C16H16N4O2S. The molecule has 0 aliphatic heterocycles. The van der Waals surface area contributed by atoms with E-state index in [2.05, 4.69) is 20.4 Å². The number of benzene rings is 1. The number of hydrogen-bond acceptors (Lipinski definition) is 5. The van der Waals surface area contributed by atoms with E-state index in [9.17, 15) is 4.79 Å². The van der Waals surface area contributed by atoms with Crippen LogP contribution in [0.2, 0.25) is 0 Å².